The SMILES string of the molecule is COc1ccccc1CNc1ccc(NS(=O)(=O)c2cc(C)ccc2C)cn1. The number of benzene rings is 2. The summed E-state index contributed by atoms with van der Waals surface area (Å²) in [7, 11) is -2.04. The van der Waals surface area contributed by atoms with Gasteiger partial charge in [0.2, 0.25) is 0 Å². The van der Waals surface area contributed by atoms with Crippen molar-refractivity contribution in [3.05, 3.63) is 77.5 Å². The van der Waals surface area contributed by atoms with Crippen LogP contribution in [-0.4, -0.2) is 20.5 Å². The summed E-state index contributed by atoms with van der Waals surface area (Å²) < 4.78 is 33.3. The molecule has 1 heterocycles. The molecule has 0 radical (unpaired) electrons. The molecule has 1 aromatic heterocycles. The van der Waals surface area contributed by atoms with E-state index in [2.05, 4.69) is 15.0 Å². The number of pyridine rings is 1. The highest BCUT2D eigenvalue weighted by Crippen LogP contribution is 2.22. The van der Waals surface area contributed by atoms with Gasteiger partial charge in [0.1, 0.15) is 11.6 Å². The molecule has 6 nitrogen and oxygen atoms in total. The number of hydrogen-bond acceptors (Lipinski definition) is 5. The van der Waals surface area contributed by atoms with E-state index in [4.69, 9.17) is 4.74 Å². The third-order valence-electron chi connectivity index (χ3n) is 4.30. The average Bonchev–Trinajstić information content (AvgIpc) is 2.69. The van der Waals surface area contributed by atoms with Crippen molar-refractivity contribution in [2.24, 2.45) is 0 Å². The maximum absolute atomic E-state index is 12.7. The summed E-state index contributed by atoms with van der Waals surface area (Å²) in [5.74, 6) is 1.44. The Morgan fingerprint density at radius 1 is 1.04 bits per heavy atom. The number of rotatable bonds is 7. The van der Waals surface area contributed by atoms with E-state index in [-0.39, 0.29) is 4.90 Å². The number of anilines is 2. The molecule has 0 bridgehead atoms. The van der Waals surface area contributed by atoms with Crippen molar-refractivity contribution in [3.63, 3.8) is 0 Å². The van der Waals surface area contributed by atoms with Crippen LogP contribution in [0.2, 0.25) is 0 Å². The highest BCUT2D eigenvalue weighted by Gasteiger charge is 2.17. The molecule has 0 aliphatic carbocycles. The van der Waals surface area contributed by atoms with Crippen LogP contribution in [0.25, 0.3) is 0 Å². The minimum absolute atomic E-state index is 0.269. The maximum atomic E-state index is 12.7. The fraction of sp³-hybridized carbons (Fsp3) is 0.190. The summed E-state index contributed by atoms with van der Waals surface area (Å²) >= 11 is 0. The lowest BCUT2D eigenvalue weighted by atomic mass is 10.2. The third kappa shape index (κ3) is 4.61. The highest BCUT2D eigenvalue weighted by molar-refractivity contribution is 7.92. The van der Waals surface area contributed by atoms with Crippen LogP contribution >= 0.6 is 0 Å². The monoisotopic (exact) mass is 397 g/mol. The minimum atomic E-state index is -3.67. The lowest BCUT2D eigenvalue weighted by Gasteiger charge is -2.12. The molecule has 2 aromatic carbocycles. The van der Waals surface area contributed by atoms with Crippen molar-refractivity contribution in [2.75, 3.05) is 17.1 Å². The smallest absolute Gasteiger partial charge is 0.262 e. The number of para-hydroxylation sites is 1. The zero-order valence-corrected chi connectivity index (χ0v) is 16.9. The standard InChI is InChI=1S/C21H23N3O3S/c1-15-8-9-16(2)20(12-15)28(25,26)24-18-10-11-21(23-14-18)22-13-17-6-4-5-7-19(17)27-3/h4-12,14,24H,13H2,1-3H3,(H,22,23). The van der Waals surface area contributed by atoms with E-state index in [0.717, 1.165) is 16.9 Å². The van der Waals surface area contributed by atoms with Crippen molar-refractivity contribution in [1.82, 2.24) is 4.98 Å². The molecular weight excluding hydrogens is 374 g/mol. The van der Waals surface area contributed by atoms with Crippen LogP contribution in [0.4, 0.5) is 11.5 Å². The highest BCUT2D eigenvalue weighted by atomic mass is 32.2. The van der Waals surface area contributed by atoms with Gasteiger partial charge in [-0.25, -0.2) is 13.4 Å². The predicted molar refractivity (Wildman–Crippen MR) is 111 cm³/mol. The molecule has 0 saturated carbocycles. The number of methoxy groups -OCH3 is 1. The van der Waals surface area contributed by atoms with Gasteiger partial charge in [-0.2, -0.15) is 0 Å². The Balaban J connectivity index is 1.70. The number of hydrogen-bond donors (Lipinski definition) is 2. The van der Waals surface area contributed by atoms with E-state index < -0.39 is 10.0 Å². The molecular formula is C21H23N3O3S. The summed E-state index contributed by atoms with van der Waals surface area (Å²) in [6.07, 6.45) is 1.49. The van der Waals surface area contributed by atoms with E-state index in [1.807, 2.05) is 37.3 Å². The van der Waals surface area contributed by atoms with Crippen LogP contribution in [0.1, 0.15) is 16.7 Å². The van der Waals surface area contributed by atoms with E-state index in [1.54, 1.807) is 38.3 Å². The van der Waals surface area contributed by atoms with Crippen LogP contribution in [0, 0.1) is 13.8 Å². The van der Waals surface area contributed by atoms with Gasteiger partial charge in [0.15, 0.2) is 0 Å². The summed E-state index contributed by atoms with van der Waals surface area (Å²) in [6, 6.07) is 16.5. The molecule has 0 saturated heterocycles. The second kappa shape index (κ2) is 8.31. The second-order valence-electron chi connectivity index (χ2n) is 6.47. The first-order chi connectivity index (χ1) is 13.4. The van der Waals surface area contributed by atoms with Gasteiger partial charge < -0.3 is 10.1 Å². The van der Waals surface area contributed by atoms with Crippen LogP contribution in [-0.2, 0) is 16.6 Å². The third-order valence-corrected chi connectivity index (χ3v) is 5.82. The Bertz CT molecular complexity index is 1060. The van der Waals surface area contributed by atoms with E-state index in [1.165, 1.54) is 6.20 Å². The molecule has 0 fully saturated rings. The number of nitrogens with one attached hydrogen (secondary N) is 2. The zero-order chi connectivity index (χ0) is 20.1. The Kier molecular flexibility index (Phi) is 5.84. The first-order valence-corrected chi connectivity index (χ1v) is 10.3. The second-order valence-corrected chi connectivity index (χ2v) is 8.12. The topological polar surface area (TPSA) is 80.3 Å². The molecule has 3 rings (SSSR count). The van der Waals surface area contributed by atoms with Crippen molar-refractivity contribution in [1.29, 1.82) is 0 Å². The molecule has 2 N–H and O–H groups in total. The van der Waals surface area contributed by atoms with Crippen molar-refractivity contribution in [2.45, 2.75) is 25.3 Å². The molecule has 3 aromatic rings. The number of aryl methyl sites for hydroxylation is 2. The van der Waals surface area contributed by atoms with Gasteiger partial charge in [-0.15, -0.1) is 0 Å². The number of aromatic nitrogens is 1. The molecule has 28 heavy (non-hydrogen) atoms. The Morgan fingerprint density at radius 2 is 1.82 bits per heavy atom. The first kappa shape index (κ1) is 19.7. The lowest BCUT2D eigenvalue weighted by Crippen LogP contribution is -2.14. The Morgan fingerprint density at radius 3 is 2.54 bits per heavy atom. The van der Waals surface area contributed by atoms with Crippen molar-refractivity contribution in [3.8, 4) is 5.75 Å². The minimum Gasteiger partial charge on any atom is -0.496 e. The first-order valence-electron chi connectivity index (χ1n) is 8.81. The normalized spacial score (nSPS) is 11.1. The molecule has 0 spiro atoms. The van der Waals surface area contributed by atoms with Gasteiger partial charge in [0.25, 0.3) is 10.0 Å². The van der Waals surface area contributed by atoms with Crippen LogP contribution in [0.5, 0.6) is 5.75 Å². The number of sulfonamides is 1. The molecule has 0 unspecified atom stereocenters. The van der Waals surface area contributed by atoms with E-state index in [9.17, 15) is 8.42 Å². The average molecular weight is 398 g/mol. The largest absolute Gasteiger partial charge is 0.496 e. The molecule has 0 aliphatic heterocycles. The van der Waals surface area contributed by atoms with E-state index in [0.29, 0.717) is 23.6 Å². The van der Waals surface area contributed by atoms with Crippen LogP contribution in [0.15, 0.2) is 65.7 Å². The fourth-order valence-electron chi connectivity index (χ4n) is 2.80. The van der Waals surface area contributed by atoms with Crippen LogP contribution in [0.3, 0.4) is 0 Å². The van der Waals surface area contributed by atoms with Gasteiger partial charge in [0.05, 0.1) is 23.9 Å². The molecule has 0 aliphatic rings. The molecule has 0 amide bonds. The van der Waals surface area contributed by atoms with Gasteiger partial charge in [-0.1, -0.05) is 30.3 Å². The zero-order valence-electron chi connectivity index (χ0n) is 16.1. The Labute approximate surface area is 165 Å². The molecule has 7 heteroatoms. The summed E-state index contributed by atoms with van der Waals surface area (Å²) in [5.41, 5.74) is 3.00. The van der Waals surface area contributed by atoms with Gasteiger partial charge in [-0.05, 0) is 49.2 Å². The van der Waals surface area contributed by atoms with Crippen LogP contribution < -0.4 is 14.8 Å². The Hall–Kier alpha value is -3.06. The van der Waals surface area contributed by atoms with Crippen molar-refractivity contribution >= 4 is 21.5 Å². The summed E-state index contributed by atoms with van der Waals surface area (Å²) in [4.78, 5) is 4.56. The molecule has 0 atom stereocenters. The number of ether oxygens (including phenoxy) is 1. The van der Waals surface area contributed by atoms with Gasteiger partial charge in [0, 0.05) is 12.1 Å². The maximum Gasteiger partial charge on any atom is 0.262 e. The molecule has 146 valence electrons. The van der Waals surface area contributed by atoms with Gasteiger partial charge in [-0.3, -0.25) is 4.72 Å². The van der Waals surface area contributed by atoms with Gasteiger partial charge >= 0.3 is 0 Å². The summed E-state index contributed by atoms with van der Waals surface area (Å²) in [5, 5.41) is 3.21. The predicted octanol–water partition coefficient (Wildman–Crippen LogP) is 4.12. The van der Waals surface area contributed by atoms with E-state index >= 15 is 0 Å². The number of nitrogens with zero attached hydrogens (tertiary/aromatic N) is 1. The van der Waals surface area contributed by atoms with Crippen molar-refractivity contribution < 1.29 is 13.2 Å². The quantitative estimate of drug-likeness (QED) is 0.627. The lowest BCUT2D eigenvalue weighted by molar-refractivity contribution is 0.410. The fourth-order valence-corrected chi connectivity index (χ4v) is 4.17. The summed E-state index contributed by atoms with van der Waals surface area (Å²) in [6.45, 7) is 4.18.